The zero-order valence-electron chi connectivity index (χ0n) is 13.3. The molecule has 0 spiro atoms. The Hall–Kier alpha value is -2.18. The van der Waals surface area contributed by atoms with Gasteiger partial charge in [-0.2, -0.15) is 5.10 Å². The fourth-order valence-corrected chi connectivity index (χ4v) is 2.67. The van der Waals surface area contributed by atoms with Crippen molar-refractivity contribution >= 4 is 5.91 Å². The van der Waals surface area contributed by atoms with E-state index < -0.39 is 0 Å². The highest BCUT2D eigenvalue weighted by molar-refractivity contribution is 5.81. The van der Waals surface area contributed by atoms with Gasteiger partial charge in [0.2, 0.25) is 0 Å². The van der Waals surface area contributed by atoms with Gasteiger partial charge in [-0.15, -0.1) is 0 Å². The number of aromatic amines is 1. The van der Waals surface area contributed by atoms with Crippen molar-refractivity contribution in [3.05, 3.63) is 42.1 Å². The Bertz CT molecular complexity index is 625. The highest BCUT2D eigenvalue weighted by atomic mass is 16.5. The van der Waals surface area contributed by atoms with Gasteiger partial charge in [0.15, 0.2) is 0 Å². The molecule has 6 nitrogen and oxygen atoms in total. The summed E-state index contributed by atoms with van der Waals surface area (Å²) in [6.45, 7) is 5.74. The third kappa shape index (κ3) is 3.97. The van der Waals surface area contributed by atoms with Gasteiger partial charge < -0.3 is 10.1 Å². The minimum absolute atomic E-state index is 0.0409. The molecule has 6 heteroatoms. The first-order chi connectivity index (χ1) is 11.3. The average molecular weight is 314 g/mol. The zero-order chi connectivity index (χ0) is 16.1. The molecule has 23 heavy (non-hydrogen) atoms. The number of hydrogen-bond acceptors (Lipinski definition) is 4. The van der Waals surface area contributed by atoms with Crippen LogP contribution in [0.2, 0.25) is 0 Å². The predicted molar refractivity (Wildman–Crippen MR) is 87.7 cm³/mol. The first-order valence-electron chi connectivity index (χ1n) is 7.96. The molecule has 1 fully saturated rings. The van der Waals surface area contributed by atoms with Gasteiger partial charge in [0, 0.05) is 25.8 Å². The standard InChI is InChI=1S/C17H22N4O2/c1-2-21-9-10-23-16(12-21)17(22)18-11-13-3-5-14(6-4-13)15-7-8-19-20-15/h3-8,16H,2,9-12H2,1H3,(H,18,22)(H,19,20). The van der Waals surface area contributed by atoms with E-state index in [-0.39, 0.29) is 12.0 Å². The van der Waals surface area contributed by atoms with E-state index in [1.54, 1.807) is 6.20 Å². The van der Waals surface area contributed by atoms with Crippen LogP contribution in [0.25, 0.3) is 11.3 Å². The summed E-state index contributed by atoms with van der Waals surface area (Å²) in [5.41, 5.74) is 3.12. The number of nitrogens with zero attached hydrogens (tertiary/aromatic N) is 2. The first-order valence-corrected chi connectivity index (χ1v) is 7.96. The van der Waals surface area contributed by atoms with Gasteiger partial charge in [0.25, 0.3) is 5.91 Å². The number of rotatable bonds is 5. The summed E-state index contributed by atoms with van der Waals surface area (Å²) in [4.78, 5) is 14.4. The quantitative estimate of drug-likeness (QED) is 0.875. The Morgan fingerprint density at radius 1 is 1.39 bits per heavy atom. The number of H-pyrrole nitrogens is 1. The van der Waals surface area contributed by atoms with Crippen molar-refractivity contribution in [3.8, 4) is 11.3 Å². The van der Waals surface area contributed by atoms with Gasteiger partial charge >= 0.3 is 0 Å². The summed E-state index contributed by atoms with van der Waals surface area (Å²) in [6.07, 6.45) is 1.36. The maximum Gasteiger partial charge on any atom is 0.250 e. The molecule has 3 rings (SSSR count). The van der Waals surface area contributed by atoms with Crippen LogP contribution in [0.5, 0.6) is 0 Å². The van der Waals surface area contributed by atoms with Crippen LogP contribution in [0.1, 0.15) is 12.5 Å². The zero-order valence-corrected chi connectivity index (χ0v) is 13.3. The van der Waals surface area contributed by atoms with E-state index in [0.29, 0.717) is 19.7 Å². The molecule has 0 radical (unpaired) electrons. The summed E-state index contributed by atoms with van der Waals surface area (Å²) >= 11 is 0. The van der Waals surface area contributed by atoms with Gasteiger partial charge in [-0.1, -0.05) is 31.2 Å². The molecule has 1 saturated heterocycles. The fourth-order valence-electron chi connectivity index (χ4n) is 2.67. The summed E-state index contributed by atoms with van der Waals surface area (Å²) in [6, 6.07) is 9.99. The van der Waals surface area contributed by atoms with Crippen LogP contribution in [0.4, 0.5) is 0 Å². The highest BCUT2D eigenvalue weighted by Crippen LogP contribution is 2.16. The van der Waals surface area contributed by atoms with E-state index in [2.05, 4.69) is 27.3 Å². The minimum atomic E-state index is -0.368. The molecule has 1 aliphatic heterocycles. The number of morpholine rings is 1. The van der Waals surface area contributed by atoms with Crippen LogP contribution in [-0.2, 0) is 16.1 Å². The number of ether oxygens (including phenoxy) is 1. The number of carbonyl (C=O) groups is 1. The lowest BCUT2D eigenvalue weighted by Gasteiger charge is -2.31. The van der Waals surface area contributed by atoms with Crippen molar-refractivity contribution in [1.82, 2.24) is 20.4 Å². The van der Waals surface area contributed by atoms with Crippen molar-refractivity contribution in [3.63, 3.8) is 0 Å². The number of benzene rings is 1. The molecule has 1 atom stereocenters. The number of amides is 1. The van der Waals surface area contributed by atoms with Crippen molar-refractivity contribution < 1.29 is 9.53 Å². The molecule has 1 aromatic carbocycles. The number of aromatic nitrogens is 2. The maximum atomic E-state index is 12.2. The summed E-state index contributed by atoms with van der Waals surface area (Å²) in [5, 5.41) is 9.84. The van der Waals surface area contributed by atoms with Crippen molar-refractivity contribution in [2.75, 3.05) is 26.2 Å². The average Bonchev–Trinajstić information content (AvgIpc) is 3.15. The summed E-state index contributed by atoms with van der Waals surface area (Å²) < 4.78 is 5.56. The van der Waals surface area contributed by atoms with Crippen molar-refractivity contribution in [1.29, 1.82) is 0 Å². The Morgan fingerprint density at radius 3 is 2.91 bits per heavy atom. The van der Waals surface area contributed by atoms with Gasteiger partial charge in [-0.3, -0.25) is 14.8 Å². The fraction of sp³-hybridized carbons (Fsp3) is 0.412. The van der Waals surface area contributed by atoms with E-state index in [1.165, 1.54) is 0 Å². The van der Waals surface area contributed by atoms with Crippen LogP contribution in [-0.4, -0.2) is 53.3 Å². The SMILES string of the molecule is CCN1CCOC(C(=O)NCc2ccc(-c3ccn[nH]3)cc2)C1. The van der Waals surface area contributed by atoms with Crippen LogP contribution < -0.4 is 5.32 Å². The second-order valence-corrected chi connectivity index (χ2v) is 5.64. The molecule has 2 N–H and O–H groups in total. The third-order valence-electron chi connectivity index (χ3n) is 4.12. The molecule has 1 unspecified atom stereocenters. The summed E-state index contributed by atoms with van der Waals surface area (Å²) in [5.74, 6) is -0.0409. The van der Waals surface area contributed by atoms with E-state index in [0.717, 1.165) is 29.9 Å². The van der Waals surface area contributed by atoms with Crippen LogP contribution in [0.15, 0.2) is 36.5 Å². The molecule has 1 aliphatic rings. The Morgan fingerprint density at radius 2 is 2.22 bits per heavy atom. The summed E-state index contributed by atoms with van der Waals surface area (Å²) in [7, 11) is 0. The Balaban J connectivity index is 1.52. The van der Waals surface area contributed by atoms with Gasteiger partial charge in [0.05, 0.1) is 12.3 Å². The Kier molecular flexibility index (Phi) is 5.05. The molecule has 0 bridgehead atoms. The second-order valence-electron chi connectivity index (χ2n) is 5.64. The van der Waals surface area contributed by atoms with Crippen molar-refractivity contribution in [2.45, 2.75) is 19.6 Å². The molecular formula is C17H22N4O2. The van der Waals surface area contributed by atoms with Crippen LogP contribution in [0.3, 0.4) is 0 Å². The normalized spacial score (nSPS) is 18.7. The molecule has 1 aromatic heterocycles. The lowest BCUT2D eigenvalue weighted by atomic mass is 10.1. The van der Waals surface area contributed by atoms with E-state index in [4.69, 9.17) is 4.74 Å². The minimum Gasteiger partial charge on any atom is -0.366 e. The topological polar surface area (TPSA) is 70.2 Å². The van der Waals surface area contributed by atoms with E-state index in [1.807, 2.05) is 30.3 Å². The largest absolute Gasteiger partial charge is 0.366 e. The number of hydrogen-bond donors (Lipinski definition) is 2. The van der Waals surface area contributed by atoms with E-state index in [9.17, 15) is 4.79 Å². The lowest BCUT2D eigenvalue weighted by Crippen LogP contribution is -2.49. The second kappa shape index (κ2) is 7.39. The van der Waals surface area contributed by atoms with Crippen LogP contribution in [0, 0.1) is 0 Å². The highest BCUT2D eigenvalue weighted by Gasteiger charge is 2.25. The predicted octanol–water partition coefficient (Wildman–Crippen LogP) is 1.41. The molecule has 2 heterocycles. The molecule has 122 valence electrons. The lowest BCUT2D eigenvalue weighted by molar-refractivity contribution is -0.138. The van der Waals surface area contributed by atoms with Crippen molar-refractivity contribution in [2.24, 2.45) is 0 Å². The molecule has 2 aromatic rings. The third-order valence-corrected chi connectivity index (χ3v) is 4.12. The number of likely N-dealkylation sites (N-methyl/N-ethyl adjacent to an activating group) is 1. The Labute approximate surface area is 135 Å². The smallest absolute Gasteiger partial charge is 0.250 e. The maximum absolute atomic E-state index is 12.2. The first kappa shape index (κ1) is 15.7. The number of nitrogens with one attached hydrogen (secondary N) is 2. The molecule has 1 amide bonds. The van der Waals surface area contributed by atoms with Crippen LogP contribution >= 0.6 is 0 Å². The number of carbonyl (C=O) groups excluding carboxylic acids is 1. The van der Waals surface area contributed by atoms with Gasteiger partial charge in [-0.05, 0) is 23.7 Å². The van der Waals surface area contributed by atoms with E-state index >= 15 is 0 Å². The monoisotopic (exact) mass is 314 g/mol. The molecular weight excluding hydrogens is 292 g/mol. The van der Waals surface area contributed by atoms with Gasteiger partial charge in [-0.25, -0.2) is 0 Å². The molecule has 0 saturated carbocycles. The molecule has 0 aliphatic carbocycles. The van der Waals surface area contributed by atoms with Gasteiger partial charge in [0.1, 0.15) is 6.10 Å².